The number of hydrogen-bond acceptors (Lipinski definition) is 8. The molecule has 0 radical (unpaired) electrons. The predicted molar refractivity (Wildman–Crippen MR) is 159 cm³/mol. The van der Waals surface area contributed by atoms with Gasteiger partial charge in [0.1, 0.15) is 12.1 Å². The van der Waals surface area contributed by atoms with Gasteiger partial charge in [-0.05, 0) is 75.8 Å². The number of ether oxygens (including phenoxy) is 2. The van der Waals surface area contributed by atoms with Crippen LogP contribution in [-0.4, -0.2) is 86.8 Å². The van der Waals surface area contributed by atoms with Crippen LogP contribution < -0.4 is 5.32 Å². The number of rotatable bonds is 10. The molecule has 6 atom stereocenters. The van der Waals surface area contributed by atoms with Crippen molar-refractivity contribution in [3.05, 3.63) is 35.9 Å². The molecule has 2 heterocycles. The molecule has 0 spiro atoms. The summed E-state index contributed by atoms with van der Waals surface area (Å²) in [5.74, 6) is 0.928. The number of esters is 2. The van der Waals surface area contributed by atoms with Crippen LogP contribution in [0.15, 0.2) is 30.3 Å². The first-order valence-corrected chi connectivity index (χ1v) is 15.9. The van der Waals surface area contributed by atoms with Crippen molar-refractivity contribution in [2.75, 3.05) is 39.1 Å². The van der Waals surface area contributed by atoms with Crippen LogP contribution >= 0.6 is 24.8 Å². The Bertz CT molecular complexity index is 1060. The van der Waals surface area contributed by atoms with Gasteiger partial charge in [-0.1, -0.05) is 30.3 Å². The lowest BCUT2D eigenvalue weighted by atomic mass is 9.69. The number of hydrogen-bond donors (Lipinski definition) is 1. The quantitative estimate of drug-likeness (QED) is 0.397. The number of nitrogens with zero attached hydrogens (tertiary/aromatic N) is 2. The number of nitrogens with one attached hydrogen (secondary N) is 1. The molecule has 0 bridgehead atoms. The fourth-order valence-corrected chi connectivity index (χ4v) is 7.71. The first-order valence-electron chi connectivity index (χ1n) is 14.0. The van der Waals surface area contributed by atoms with Gasteiger partial charge in [-0.15, -0.1) is 24.8 Å². The molecule has 40 heavy (non-hydrogen) atoms. The number of carbonyl (C=O) groups excluding carboxylic acids is 2. The van der Waals surface area contributed by atoms with Gasteiger partial charge in [0.15, 0.2) is 0 Å². The van der Waals surface area contributed by atoms with Crippen LogP contribution in [0.1, 0.15) is 51.5 Å². The van der Waals surface area contributed by atoms with Crippen molar-refractivity contribution < 1.29 is 27.5 Å². The normalized spacial score (nSPS) is 28.6. The van der Waals surface area contributed by atoms with Crippen molar-refractivity contribution in [1.82, 2.24) is 14.5 Å². The molecule has 1 aromatic carbocycles. The SMILES string of the molecule is CCOC(=O)[C@@H]1C[C@H]2C[C@@H](CN3C[C@@H](N(Cc4ccccc4)S(C)(=O)=O)C[C@H]3C(=O)OCC)CC[C@H]2CN1.Cl.Cl. The van der Waals surface area contributed by atoms with E-state index in [4.69, 9.17) is 9.47 Å². The largest absolute Gasteiger partial charge is 0.465 e. The zero-order valence-electron chi connectivity index (χ0n) is 23.7. The van der Waals surface area contributed by atoms with E-state index in [0.29, 0.717) is 43.9 Å². The van der Waals surface area contributed by atoms with E-state index in [1.165, 1.54) is 6.26 Å². The van der Waals surface area contributed by atoms with Gasteiger partial charge >= 0.3 is 11.9 Å². The molecule has 228 valence electrons. The molecule has 1 aromatic rings. The number of benzene rings is 1. The molecule has 9 nitrogen and oxygen atoms in total. The van der Waals surface area contributed by atoms with Crippen molar-refractivity contribution in [3.8, 4) is 0 Å². The Labute approximate surface area is 251 Å². The summed E-state index contributed by atoms with van der Waals surface area (Å²) in [4.78, 5) is 27.5. The third-order valence-electron chi connectivity index (χ3n) is 8.43. The maximum Gasteiger partial charge on any atom is 0.323 e. The topological polar surface area (TPSA) is 105 Å². The van der Waals surface area contributed by atoms with Crippen molar-refractivity contribution in [3.63, 3.8) is 0 Å². The average molecular weight is 623 g/mol. The summed E-state index contributed by atoms with van der Waals surface area (Å²) in [5, 5.41) is 3.37. The predicted octanol–water partition coefficient (Wildman–Crippen LogP) is 3.26. The molecular formula is C28H45Cl2N3O6S. The minimum atomic E-state index is -3.50. The van der Waals surface area contributed by atoms with Gasteiger partial charge in [0.25, 0.3) is 0 Å². The summed E-state index contributed by atoms with van der Waals surface area (Å²) in [5.41, 5.74) is 0.921. The van der Waals surface area contributed by atoms with Crippen LogP contribution in [0.3, 0.4) is 0 Å². The Hall–Kier alpha value is -1.43. The molecule has 1 saturated carbocycles. The van der Waals surface area contributed by atoms with Crippen molar-refractivity contribution in [2.24, 2.45) is 17.8 Å². The Balaban J connectivity index is 0.00000280. The Morgan fingerprint density at radius 1 is 0.975 bits per heavy atom. The summed E-state index contributed by atoms with van der Waals surface area (Å²) >= 11 is 0. The second-order valence-electron chi connectivity index (χ2n) is 11.1. The lowest BCUT2D eigenvalue weighted by Crippen LogP contribution is -2.51. The van der Waals surface area contributed by atoms with Gasteiger partial charge in [0.05, 0.1) is 19.5 Å². The minimum absolute atomic E-state index is 0. The van der Waals surface area contributed by atoms with Crippen molar-refractivity contribution in [1.29, 1.82) is 0 Å². The van der Waals surface area contributed by atoms with E-state index in [0.717, 1.165) is 44.3 Å². The van der Waals surface area contributed by atoms with E-state index in [-0.39, 0.29) is 55.4 Å². The second kappa shape index (κ2) is 15.7. The highest BCUT2D eigenvalue weighted by Crippen LogP contribution is 2.40. The van der Waals surface area contributed by atoms with Gasteiger partial charge in [0.2, 0.25) is 10.0 Å². The summed E-state index contributed by atoms with van der Waals surface area (Å²) in [6, 6.07) is 8.56. The lowest BCUT2D eigenvalue weighted by molar-refractivity contribution is -0.149. The molecule has 0 unspecified atom stereocenters. The number of sulfonamides is 1. The highest BCUT2D eigenvalue weighted by atomic mass is 35.5. The van der Waals surface area contributed by atoms with Crippen LogP contribution in [0.4, 0.5) is 0 Å². The molecule has 1 aliphatic carbocycles. The van der Waals surface area contributed by atoms with Crippen LogP contribution in [0.5, 0.6) is 0 Å². The molecule has 0 amide bonds. The van der Waals surface area contributed by atoms with Gasteiger partial charge in [-0.3, -0.25) is 14.5 Å². The Morgan fingerprint density at radius 3 is 2.30 bits per heavy atom. The standard InChI is InChI=1S/C28H43N3O6S.2ClH/c1-4-36-27(32)25-14-23-13-21(11-12-22(23)16-29-25)17-30-19-24(15-26(30)28(33)37-5-2)31(38(3,34)35)18-20-9-7-6-8-10-20;;/h6-10,21-26,29H,4-5,11-19H2,1-3H3;2*1H/t21-,22-,23+,24-,25-,26-;;/m0../s1. The molecular weight excluding hydrogens is 577 g/mol. The molecule has 3 fully saturated rings. The third-order valence-corrected chi connectivity index (χ3v) is 9.71. The van der Waals surface area contributed by atoms with E-state index in [1.807, 2.05) is 37.3 Å². The maximum absolute atomic E-state index is 13.0. The Kier molecular flexibility index (Phi) is 13.6. The van der Waals surface area contributed by atoms with E-state index in [2.05, 4.69) is 10.2 Å². The third kappa shape index (κ3) is 8.79. The first kappa shape index (κ1) is 34.8. The second-order valence-corrected chi connectivity index (χ2v) is 13.0. The molecule has 1 N–H and O–H groups in total. The summed E-state index contributed by atoms with van der Waals surface area (Å²) in [6.45, 7) is 6.64. The highest BCUT2D eigenvalue weighted by molar-refractivity contribution is 7.88. The van der Waals surface area contributed by atoms with E-state index < -0.39 is 16.1 Å². The molecule has 0 aromatic heterocycles. The highest BCUT2D eigenvalue weighted by Gasteiger charge is 2.45. The number of halogens is 2. The van der Waals surface area contributed by atoms with Crippen LogP contribution in [0, 0.1) is 17.8 Å². The lowest BCUT2D eigenvalue weighted by Gasteiger charge is -2.43. The summed E-state index contributed by atoms with van der Waals surface area (Å²) < 4.78 is 37.9. The molecule has 3 aliphatic rings. The maximum atomic E-state index is 13.0. The molecule has 2 saturated heterocycles. The minimum Gasteiger partial charge on any atom is -0.465 e. The molecule has 2 aliphatic heterocycles. The number of fused-ring (bicyclic) bond motifs is 1. The number of carbonyl (C=O) groups is 2. The van der Waals surface area contributed by atoms with Crippen molar-refractivity contribution >= 4 is 46.8 Å². The van der Waals surface area contributed by atoms with Gasteiger partial charge < -0.3 is 14.8 Å². The van der Waals surface area contributed by atoms with Gasteiger partial charge in [-0.25, -0.2) is 8.42 Å². The summed E-state index contributed by atoms with van der Waals surface area (Å²) in [7, 11) is -3.50. The zero-order valence-corrected chi connectivity index (χ0v) is 26.1. The fraction of sp³-hybridized carbons (Fsp3) is 0.714. The monoisotopic (exact) mass is 621 g/mol. The molecule has 12 heteroatoms. The van der Waals surface area contributed by atoms with Crippen LogP contribution in [-0.2, 0) is 35.6 Å². The Morgan fingerprint density at radius 2 is 1.65 bits per heavy atom. The van der Waals surface area contributed by atoms with Gasteiger partial charge in [-0.2, -0.15) is 4.31 Å². The van der Waals surface area contributed by atoms with Crippen molar-refractivity contribution in [2.45, 2.75) is 70.6 Å². The number of likely N-dealkylation sites (tertiary alicyclic amines) is 1. The van der Waals surface area contributed by atoms with E-state index >= 15 is 0 Å². The summed E-state index contributed by atoms with van der Waals surface area (Å²) in [6.07, 6.45) is 5.59. The fourth-order valence-electron chi connectivity index (χ4n) is 6.63. The average Bonchev–Trinajstić information content (AvgIpc) is 3.30. The van der Waals surface area contributed by atoms with E-state index in [1.54, 1.807) is 11.2 Å². The van der Waals surface area contributed by atoms with Crippen LogP contribution in [0.25, 0.3) is 0 Å². The van der Waals surface area contributed by atoms with Gasteiger partial charge in [0, 0.05) is 25.7 Å². The van der Waals surface area contributed by atoms with E-state index in [9.17, 15) is 18.0 Å². The number of piperidine rings is 1. The zero-order chi connectivity index (χ0) is 27.3. The van der Waals surface area contributed by atoms with Crippen LogP contribution in [0.2, 0.25) is 0 Å². The molecule has 4 rings (SSSR count). The smallest absolute Gasteiger partial charge is 0.323 e. The first-order chi connectivity index (χ1) is 18.2.